The quantitative estimate of drug-likeness (QED) is 0.755. The molecule has 2 heterocycles. The fraction of sp³-hybridized carbons (Fsp3) is 0.417. The molecule has 0 atom stereocenters. The molecule has 0 saturated heterocycles. The summed E-state index contributed by atoms with van der Waals surface area (Å²) in [5.74, 6) is 1.03. The zero-order valence-corrected chi connectivity index (χ0v) is 9.52. The van der Waals surface area contributed by atoms with Gasteiger partial charge in [0.05, 0.1) is 12.8 Å². The molecule has 2 aromatic rings. The maximum absolute atomic E-state index is 5.34. The van der Waals surface area contributed by atoms with Gasteiger partial charge in [-0.1, -0.05) is 0 Å². The van der Waals surface area contributed by atoms with Crippen LogP contribution in [-0.2, 0) is 13.1 Å². The van der Waals surface area contributed by atoms with Crippen molar-refractivity contribution in [2.24, 2.45) is 0 Å². The van der Waals surface area contributed by atoms with Crippen molar-refractivity contribution in [3.05, 3.63) is 42.1 Å². The molecule has 86 valence electrons. The summed E-state index contributed by atoms with van der Waals surface area (Å²) in [5, 5.41) is 7.50. The molecule has 0 aromatic carbocycles. The predicted molar refractivity (Wildman–Crippen MR) is 62.0 cm³/mol. The van der Waals surface area contributed by atoms with Crippen molar-refractivity contribution in [3.63, 3.8) is 0 Å². The van der Waals surface area contributed by atoms with Gasteiger partial charge in [0.1, 0.15) is 5.76 Å². The van der Waals surface area contributed by atoms with E-state index in [-0.39, 0.29) is 0 Å². The van der Waals surface area contributed by atoms with Crippen LogP contribution in [0.2, 0.25) is 0 Å². The van der Waals surface area contributed by atoms with Gasteiger partial charge in [-0.3, -0.25) is 4.68 Å². The summed E-state index contributed by atoms with van der Waals surface area (Å²) in [6.07, 6.45) is 6.59. The van der Waals surface area contributed by atoms with Crippen LogP contribution in [-0.4, -0.2) is 16.3 Å². The van der Waals surface area contributed by atoms with Gasteiger partial charge in [0.25, 0.3) is 0 Å². The molecule has 4 heteroatoms. The van der Waals surface area contributed by atoms with Crippen LogP contribution in [0.15, 0.2) is 35.2 Å². The fourth-order valence-corrected chi connectivity index (χ4v) is 1.59. The third-order valence-corrected chi connectivity index (χ3v) is 2.55. The third kappa shape index (κ3) is 2.97. The van der Waals surface area contributed by atoms with E-state index < -0.39 is 0 Å². The first-order valence-corrected chi connectivity index (χ1v) is 5.57. The Morgan fingerprint density at radius 2 is 2.44 bits per heavy atom. The highest BCUT2D eigenvalue weighted by molar-refractivity contribution is 5.13. The number of hydrogen-bond acceptors (Lipinski definition) is 3. The van der Waals surface area contributed by atoms with Crippen LogP contribution in [0.4, 0.5) is 0 Å². The van der Waals surface area contributed by atoms with E-state index in [0.29, 0.717) is 0 Å². The summed E-state index contributed by atoms with van der Waals surface area (Å²) in [7, 11) is 0. The van der Waals surface area contributed by atoms with Gasteiger partial charge in [-0.2, -0.15) is 5.10 Å². The molecule has 0 saturated carbocycles. The van der Waals surface area contributed by atoms with Gasteiger partial charge in [-0.15, -0.1) is 0 Å². The topological polar surface area (TPSA) is 43.0 Å². The third-order valence-electron chi connectivity index (χ3n) is 2.55. The molecule has 0 bridgehead atoms. The summed E-state index contributed by atoms with van der Waals surface area (Å²) in [6, 6.07) is 3.93. The van der Waals surface area contributed by atoms with Crippen LogP contribution < -0.4 is 5.32 Å². The van der Waals surface area contributed by atoms with Crippen LogP contribution >= 0.6 is 0 Å². The number of hydrogen-bond donors (Lipinski definition) is 1. The highest BCUT2D eigenvalue weighted by atomic mass is 16.3. The molecule has 2 aromatic heterocycles. The summed E-state index contributed by atoms with van der Waals surface area (Å²) in [6.45, 7) is 4.79. The second-order valence-corrected chi connectivity index (χ2v) is 3.83. The second-order valence-electron chi connectivity index (χ2n) is 3.83. The van der Waals surface area contributed by atoms with Crippen LogP contribution in [0, 0.1) is 6.92 Å². The maximum atomic E-state index is 5.34. The molecule has 0 fully saturated rings. The Bertz CT molecular complexity index is 406. The van der Waals surface area contributed by atoms with E-state index >= 15 is 0 Å². The van der Waals surface area contributed by atoms with Crippen LogP contribution in [0.1, 0.15) is 17.7 Å². The lowest BCUT2D eigenvalue weighted by atomic mass is 10.3. The molecule has 1 N–H and O–H groups in total. The van der Waals surface area contributed by atoms with Crippen LogP contribution in [0.25, 0.3) is 0 Å². The van der Waals surface area contributed by atoms with E-state index in [0.717, 1.165) is 31.8 Å². The highest BCUT2D eigenvalue weighted by Crippen LogP contribution is 2.07. The number of aryl methyl sites for hydroxylation is 2. The fourth-order valence-electron chi connectivity index (χ4n) is 1.59. The van der Waals surface area contributed by atoms with Gasteiger partial charge in [-0.25, -0.2) is 0 Å². The molecule has 16 heavy (non-hydrogen) atoms. The Labute approximate surface area is 95.3 Å². The Hall–Kier alpha value is -1.55. The number of nitrogens with one attached hydrogen (secondary N) is 1. The zero-order valence-electron chi connectivity index (χ0n) is 9.52. The number of aromatic nitrogens is 2. The van der Waals surface area contributed by atoms with E-state index in [9.17, 15) is 0 Å². The van der Waals surface area contributed by atoms with Gasteiger partial charge in [0.2, 0.25) is 0 Å². The molecule has 0 aliphatic rings. The molecule has 4 nitrogen and oxygen atoms in total. The molecule has 0 radical (unpaired) electrons. The van der Waals surface area contributed by atoms with Crippen LogP contribution in [0.5, 0.6) is 0 Å². The normalized spacial score (nSPS) is 10.8. The van der Waals surface area contributed by atoms with Gasteiger partial charge < -0.3 is 9.73 Å². The molecule has 0 amide bonds. The average Bonchev–Trinajstić information content (AvgIpc) is 2.90. The number of nitrogens with zero attached hydrogens (tertiary/aromatic N) is 2. The highest BCUT2D eigenvalue weighted by Gasteiger charge is 2.00. The van der Waals surface area contributed by atoms with E-state index in [1.165, 1.54) is 5.56 Å². The number of rotatable bonds is 6. The van der Waals surface area contributed by atoms with Crippen molar-refractivity contribution in [2.75, 3.05) is 6.54 Å². The van der Waals surface area contributed by atoms with E-state index in [1.807, 2.05) is 23.0 Å². The van der Waals surface area contributed by atoms with Crippen molar-refractivity contribution >= 4 is 0 Å². The minimum Gasteiger partial charge on any atom is -0.468 e. The molecule has 2 rings (SSSR count). The molecular weight excluding hydrogens is 202 g/mol. The molecule has 0 spiro atoms. The van der Waals surface area contributed by atoms with Crippen molar-refractivity contribution in [1.82, 2.24) is 15.1 Å². The molecule has 0 aliphatic heterocycles. The number of furan rings is 1. The van der Waals surface area contributed by atoms with Crippen molar-refractivity contribution in [2.45, 2.75) is 26.4 Å². The first-order valence-electron chi connectivity index (χ1n) is 5.57. The smallest absolute Gasteiger partial charge is 0.120 e. The largest absolute Gasteiger partial charge is 0.468 e. The molecule has 0 aliphatic carbocycles. The lowest BCUT2D eigenvalue weighted by molar-refractivity contribution is 0.469. The van der Waals surface area contributed by atoms with Gasteiger partial charge in [-0.05, 0) is 37.6 Å². The summed E-state index contributed by atoms with van der Waals surface area (Å²) >= 11 is 0. The summed E-state index contributed by atoms with van der Waals surface area (Å²) in [5.41, 5.74) is 1.21. The minimum absolute atomic E-state index is 0.804. The van der Waals surface area contributed by atoms with E-state index in [1.54, 1.807) is 12.5 Å². The first kappa shape index (κ1) is 11.0. The Kier molecular flexibility index (Phi) is 3.77. The summed E-state index contributed by atoms with van der Waals surface area (Å²) < 4.78 is 7.28. The maximum Gasteiger partial charge on any atom is 0.120 e. The average molecular weight is 219 g/mol. The predicted octanol–water partition coefficient (Wildman–Crippen LogP) is 1.96. The zero-order chi connectivity index (χ0) is 11.2. The Balaban J connectivity index is 1.61. The first-order chi connectivity index (χ1) is 7.86. The van der Waals surface area contributed by atoms with E-state index in [2.05, 4.69) is 17.3 Å². The lowest BCUT2D eigenvalue weighted by Crippen LogP contribution is -2.16. The minimum atomic E-state index is 0.804. The summed E-state index contributed by atoms with van der Waals surface area (Å²) in [4.78, 5) is 0. The van der Waals surface area contributed by atoms with Gasteiger partial charge in [0.15, 0.2) is 0 Å². The van der Waals surface area contributed by atoms with Crippen molar-refractivity contribution in [3.8, 4) is 0 Å². The monoisotopic (exact) mass is 219 g/mol. The SMILES string of the molecule is Cc1ccoc1CNCCCn1cccn1. The van der Waals surface area contributed by atoms with Gasteiger partial charge in [0, 0.05) is 18.9 Å². The van der Waals surface area contributed by atoms with E-state index in [4.69, 9.17) is 4.42 Å². The van der Waals surface area contributed by atoms with Gasteiger partial charge >= 0.3 is 0 Å². The van der Waals surface area contributed by atoms with Crippen molar-refractivity contribution in [1.29, 1.82) is 0 Å². The molecule has 0 unspecified atom stereocenters. The Morgan fingerprint density at radius 1 is 1.50 bits per heavy atom. The lowest BCUT2D eigenvalue weighted by Gasteiger charge is -2.04. The molecular formula is C12H17N3O. The van der Waals surface area contributed by atoms with Crippen LogP contribution in [0.3, 0.4) is 0 Å². The standard InChI is InChI=1S/C12H17N3O/c1-11-4-9-16-12(11)10-13-5-2-7-15-8-3-6-14-15/h3-4,6,8-9,13H,2,5,7,10H2,1H3. The second kappa shape index (κ2) is 5.51. The Morgan fingerprint density at radius 3 is 3.12 bits per heavy atom. The van der Waals surface area contributed by atoms with Crippen molar-refractivity contribution < 1.29 is 4.42 Å².